The lowest BCUT2D eigenvalue weighted by atomic mass is 9.73. The number of fused-ring (bicyclic) bond motifs is 1. The third-order valence-electron chi connectivity index (χ3n) is 7.94. The molecule has 0 N–H and O–H groups in total. The van der Waals surface area contributed by atoms with Crippen LogP contribution in [0.15, 0.2) is 35.2 Å². The largest absolute Gasteiger partial charge is 0.336 e. The van der Waals surface area contributed by atoms with Gasteiger partial charge in [0, 0.05) is 50.1 Å². The first kappa shape index (κ1) is 26.1. The third kappa shape index (κ3) is 4.48. The van der Waals surface area contributed by atoms with Crippen LogP contribution >= 0.6 is 0 Å². The van der Waals surface area contributed by atoms with Gasteiger partial charge in [-0.2, -0.15) is 4.31 Å². The first-order chi connectivity index (χ1) is 18.5. The summed E-state index contributed by atoms with van der Waals surface area (Å²) >= 11 is 0. The molecular weight excluding hydrogens is 531 g/mol. The predicted octanol–water partition coefficient (Wildman–Crippen LogP) is 3.39. The van der Waals surface area contributed by atoms with Crippen molar-refractivity contribution in [2.24, 2.45) is 5.41 Å². The lowest BCUT2D eigenvalue weighted by Crippen LogP contribution is -2.72. The lowest BCUT2D eigenvalue weighted by molar-refractivity contribution is -0.0873. The zero-order valence-corrected chi connectivity index (χ0v) is 22.4. The Hall–Kier alpha value is -3.09. The van der Waals surface area contributed by atoms with Crippen LogP contribution in [0, 0.1) is 24.0 Å². The Bertz CT molecular complexity index is 1570. The van der Waals surface area contributed by atoms with Crippen molar-refractivity contribution in [1.82, 2.24) is 24.1 Å². The van der Waals surface area contributed by atoms with Crippen molar-refractivity contribution >= 4 is 27.0 Å². The molecule has 3 aromatic rings. The molecule has 2 aromatic heterocycles. The van der Waals surface area contributed by atoms with Crippen molar-refractivity contribution < 1.29 is 26.4 Å². The number of amides is 1. The van der Waals surface area contributed by atoms with E-state index < -0.39 is 38.3 Å². The van der Waals surface area contributed by atoms with Crippen LogP contribution in [0.1, 0.15) is 28.9 Å². The highest BCUT2D eigenvalue weighted by atomic mass is 32.2. The minimum atomic E-state index is -4.19. The Balaban J connectivity index is 1.30. The number of aromatic nitrogens is 2. The van der Waals surface area contributed by atoms with Crippen LogP contribution in [0.4, 0.5) is 13.2 Å². The number of rotatable bonds is 4. The van der Waals surface area contributed by atoms with E-state index in [1.54, 1.807) is 24.0 Å². The van der Waals surface area contributed by atoms with Gasteiger partial charge in [-0.3, -0.25) is 4.79 Å². The van der Waals surface area contributed by atoms with Gasteiger partial charge in [-0.15, -0.1) is 0 Å². The topological polar surface area (TPSA) is 86.7 Å². The van der Waals surface area contributed by atoms with Crippen LogP contribution < -0.4 is 0 Å². The summed E-state index contributed by atoms with van der Waals surface area (Å²) in [7, 11) is -2.15. The molecule has 0 saturated carbocycles. The molecule has 0 unspecified atom stereocenters. The van der Waals surface area contributed by atoms with Gasteiger partial charge in [-0.1, -0.05) is 0 Å². The quantitative estimate of drug-likeness (QED) is 0.487. The number of nitrogens with zero attached hydrogens (tertiary/aromatic N) is 5. The molecule has 1 amide bonds. The van der Waals surface area contributed by atoms with Crippen LogP contribution in [-0.2, 0) is 10.0 Å². The highest BCUT2D eigenvalue weighted by Gasteiger charge is 2.52. The molecule has 3 fully saturated rings. The number of carbonyl (C=O) groups is 1. The minimum absolute atomic E-state index is 0.0377. The Morgan fingerprint density at radius 3 is 2.26 bits per heavy atom. The molecule has 1 aromatic carbocycles. The van der Waals surface area contributed by atoms with E-state index in [4.69, 9.17) is 0 Å². The number of piperidine rings is 1. The average molecular weight is 560 g/mol. The number of hydrogen-bond acceptors (Lipinski definition) is 6. The summed E-state index contributed by atoms with van der Waals surface area (Å²) in [5.41, 5.74) is 0.634. The fraction of sp³-hybridized carbons (Fsp3) is 0.444. The number of likely N-dealkylation sites (tertiary alicyclic amines) is 2. The Morgan fingerprint density at radius 1 is 1.00 bits per heavy atom. The molecule has 0 radical (unpaired) electrons. The molecule has 1 spiro atoms. The number of hydrogen-bond donors (Lipinski definition) is 0. The molecular formula is C27H28F3N5O3S. The second-order valence-corrected chi connectivity index (χ2v) is 13.0. The van der Waals surface area contributed by atoms with Gasteiger partial charge in [0.15, 0.2) is 5.65 Å². The van der Waals surface area contributed by atoms with Crippen molar-refractivity contribution in [2.45, 2.75) is 30.8 Å². The fourth-order valence-electron chi connectivity index (χ4n) is 6.04. The summed E-state index contributed by atoms with van der Waals surface area (Å²) in [6.45, 7) is 4.88. The second-order valence-electron chi connectivity index (χ2n) is 11.1. The van der Waals surface area contributed by atoms with Gasteiger partial charge in [0.05, 0.1) is 16.2 Å². The van der Waals surface area contributed by atoms with Gasteiger partial charge < -0.3 is 9.80 Å². The minimum Gasteiger partial charge on any atom is -0.336 e. The molecule has 5 heterocycles. The zero-order valence-electron chi connectivity index (χ0n) is 21.6. The molecule has 3 aliphatic heterocycles. The van der Waals surface area contributed by atoms with Crippen LogP contribution in [0.2, 0.25) is 0 Å². The number of benzene rings is 1. The molecule has 0 atom stereocenters. The Morgan fingerprint density at radius 2 is 1.64 bits per heavy atom. The van der Waals surface area contributed by atoms with Crippen molar-refractivity contribution in [3.8, 4) is 11.3 Å². The van der Waals surface area contributed by atoms with Crippen LogP contribution in [0.25, 0.3) is 22.3 Å². The Kier molecular flexibility index (Phi) is 6.20. The molecule has 206 valence electrons. The molecule has 0 aliphatic carbocycles. The number of carbonyl (C=O) groups excluding carboxylic acids is 1. The Labute approximate surface area is 224 Å². The molecule has 3 saturated heterocycles. The summed E-state index contributed by atoms with van der Waals surface area (Å²) in [6, 6.07) is 6.38. The highest BCUT2D eigenvalue weighted by molar-refractivity contribution is 7.89. The van der Waals surface area contributed by atoms with Gasteiger partial charge in [-0.05, 0) is 62.7 Å². The molecule has 6 rings (SSSR count). The summed E-state index contributed by atoms with van der Waals surface area (Å²) in [4.78, 5) is 25.2. The molecule has 12 heteroatoms. The van der Waals surface area contributed by atoms with Crippen LogP contribution in [0.3, 0.4) is 0 Å². The number of aryl methyl sites for hydroxylation is 1. The maximum absolute atomic E-state index is 15.3. The highest BCUT2D eigenvalue weighted by Crippen LogP contribution is 2.39. The van der Waals surface area contributed by atoms with E-state index in [0.717, 1.165) is 29.5 Å². The summed E-state index contributed by atoms with van der Waals surface area (Å²) in [6.07, 6.45) is -1.02. The van der Waals surface area contributed by atoms with E-state index in [0.29, 0.717) is 24.0 Å². The predicted molar refractivity (Wildman–Crippen MR) is 138 cm³/mol. The van der Waals surface area contributed by atoms with Crippen LogP contribution in [-0.4, -0.2) is 90.9 Å². The van der Waals surface area contributed by atoms with Gasteiger partial charge >= 0.3 is 0 Å². The monoisotopic (exact) mass is 559 g/mol. The van der Waals surface area contributed by atoms with Gasteiger partial charge in [0.2, 0.25) is 10.0 Å². The first-order valence-electron chi connectivity index (χ1n) is 12.9. The number of sulfonamides is 1. The molecule has 3 aliphatic rings. The first-order valence-corrected chi connectivity index (χ1v) is 14.3. The normalized spacial score (nSPS) is 20.3. The maximum atomic E-state index is 15.3. The van der Waals surface area contributed by atoms with Gasteiger partial charge in [0.25, 0.3) is 5.91 Å². The van der Waals surface area contributed by atoms with Crippen molar-refractivity contribution in [2.75, 3.05) is 46.3 Å². The van der Waals surface area contributed by atoms with E-state index in [9.17, 15) is 17.6 Å². The summed E-state index contributed by atoms with van der Waals surface area (Å²) in [5.74, 6) is -2.40. The van der Waals surface area contributed by atoms with E-state index in [1.807, 2.05) is 7.05 Å². The third-order valence-corrected chi connectivity index (χ3v) is 9.82. The average Bonchev–Trinajstić information content (AvgIpc) is 2.84. The van der Waals surface area contributed by atoms with Gasteiger partial charge in [0.1, 0.15) is 23.5 Å². The molecule has 39 heavy (non-hydrogen) atoms. The lowest BCUT2D eigenvalue weighted by Gasteiger charge is -2.59. The van der Waals surface area contributed by atoms with E-state index in [2.05, 4.69) is 14.9 Å². The standard InChI is InChI=1S/C27H28F3N5O3S/c1-16-9-23(24-20(29)10-18(11-21(24)30)39(37,38)35-7-5-17(28)6-8-35)32-25-19(16)3-4-22(31-25)26(36)34-14-27(15-34)12-33(2)13-27/h3-4,9-11,17H,5-8,12-15H2,1-2H3. The van der Waals surface area contributed by atoms with Crippen molar-refractivity contribution in [3.63, 3.8) is 0 Å². The van der Waals surface area contributed by atoms with Gasteiger partial charge in [-0.25, -0.2) is 31.6 Å². The second kappa shape index (κ2) is 9.24. The SMILES string of the molecule is Cc1cc(-c2c(F)cc(S(=O)(=O)N3CCC(F)CC3)cc2F)nc2nc(C(=O)N3CC4(CN(C)C4)C3)ccc12. The van der Waals surface area contributed by atoms with E-state index in [-0.39, 0.29) is 54.3 Å². The number of halogens is 3. The summed E-state index contributed by atoms with van der Waals surface area (Å²) in [5, 5.41) is 0.632. The number of pyridine rings is 2. The fourth-order valence-corrected chi connectivity index (χ4v) is 7.54. The van der Waals surface area contributed by atoms with Crippen molar-refractivity contribution in [3.05, 3.63) is 53.2 Å². The zero-order chi connectivity index (χ0) is 27.7. The molecule has 0 bridgehead atoms. The number of alkyl halides is 1. The molecule has 8 nitrogen and oxygen atoms in total. The smallest absolute Gasteiger partial charge is 0.272 e. The van der Waals surface area contributed by atoms with Crippen molar-refractivity contribution in [1.29, 1.82) is 0 Å². The maximum Gasteiger partial charge on any atom is 0.272 e. The van der Waals surface area contributed by atoms with Crippen LogP contribution in [0.5, 0.6) is 0 Å². The van der Waals surface area contributed by atoms with E-state index >= 15 is 8.78 Å². The summed E-state index contributed by atoms with van der Waals surface area (Å²) < 4.78 is 71.0. The van der Waals surface area contributed by atoms with E-state index in [1.165, 1.54) is 6.07 Å².